The number of benzene rings is 1. The SMILES string of the molecule is CCN(CC)Cc1cccc(NC(=O)C(C)(C)NC)c1. The zero-order chi connectivity index (χ0) is 15.2. The van der Waals surface area contributed by atoms with Crippen LogP contribution in [0.4, 0.5) is 5.69 Å². The molecule has 1 aromatic carbocycles. The lowest BCUT2D eigenvalue weighted by Crippen LogP contribution is -2.47. The third-order valence-corrected chi connectivity index (χ3v) is 3.68. The summed E-state index contributed by atoms with van der Waals surface area (Å²) in [6.45, 7) is 11.0. The molecular formula is C16H27N3O. The quantitative estimate of drug-likeness (QED) is 0.804. The molecule has 0 saturated heterocycles. The maximum atomic E-state index is 12.1. The van der Waals surface area contributed by atoms with Gasteiger partial charge in [-0.25, -0.2) is 0 Å². The largest absolute Gasteiger partial charge is 0.324 e. The van der Waals surface area contributed by atoms with Gasteiger partial charge in [0.2, 0.25) is 5.91 Å². The third-order valence-electron chi connectivity index (χ3n) is 3.68. The van der Waals surface area contributed by atoms with Crippen LogP contribution in [0.2, 0.25) is 0 Å². The van der Waals surface area contributed by atoms with Crippen LogP contribution >= 0.6 is 0 Å². The summed E-state index contributed by atoms with van der Waals surface area (Å²) in [5.41, 5.74) is 1.49. The highest BCUT2D eigenvalue weighted by molar-refractivity contribution is 5.97. The molecule has 1 rings (SSSR count). The minimum atomic E-state index is -0.575. The summed E-state index contributed by atoms with van der Waals surface area (Å²) in [4.78, 5) is 14.5. The average molecular weight is 277 g/mol. The van der Waals surface area contributed by atoms with Crippen molar-refractivity contribution in [1.82, 2.24) is 10.2 Å². The van der Waals surface area contributed by atoms with E-state index in [0.717, 1.165) is 25.3 Å². The van der Waals surface area contributed by atoms with E-state index in [2.05, 4.69) is 35.4 Å². The molecule has 0 atom stereocenters. The Morgan fingerprint density at radius 3 is 2.45 bits per heavy atom. The molecule has 4 nitrogen and oxygen atoms in total. The second-order valence-corrected chi connectivity index (χ2v) is 5.49. The van der Waals surface area contributed by atoms with Gasteiger partial charge in [0.15, 0.2) is 0 Å². The maximum Gasteiger partial charge on any atom is 0.244 e. The standard InChI is InChI=1S/C16H27N3O/c1-6-19(7-2)12-13-9-8-10-14(11-13)18-15(20)16(3,4)17-5/h8-11,17H,6-7,12H2,1-5H3,(H,18,20). The van der Waals surface area contributed by atoms with Crippen molar-refractivity contribution < 1.29 is 4.79 Å². The van der Waals surface area contributed by atoms with E-state index in [1.54, 1.807) is 7.05 Å². The number of amides is 1. The molecule has 0 radical (unpaired) electrons. The molecule has 0 aliphatic carbocycles. The fraction of sp³-hybridized carbons (Fsp3) is 0.562. The normalized spacial score (nSPS) is 11.7. The van der Waals surface area contributed by atoms with Crippen LogP contribution in [0.5, 0.6) is 0 Å². The van der Waals surface area contributed by atoms with Gasteiger partial charge in [-0.15, -0.1) is 0 Å². The molecule has 0 aliphatic rings. The van der Waals surface area contributed by atoms with Crippen molar-refractivity contribution in [2.75, 3.05) is 25.5 Å². The van der Waals surface area contributed by atoms with Gasteiger partial charge in [-0.05, 0) is 51.7 Å². The average Bonchev–Trinajstić information content (AvgIpc) is 2.45. The molecule has 0 bridgehead atoms. The zero-order valence-corrected chi connectivity index (χ0v) is 13.3. The molecule has 1 aromatic rings. The first-order valence-corrected chi connectivity index (χ1v) is 7.24. The first-order chi connectivity index (χ1) is 9.42. The van der Waals surface area contributed by atoms with E-state index >= 15 is 0 Å². The van der Waals surface area contributed by atoms with Crippen LogP contribution in [0.1, 0.15) is 33.3 Å². The van der Waals surface area contributed by atoms with Gasteiger partial charge < -0.3 is 10.6 Å². The molecule has 112 valence electrons. The van der Waals surface area contributed by atoms with Crippen molar-refractivity contribution in [2.24, 2.45) is 0 Å². The van der Waals surface area contributed by atoms with Crippen LogP contribution in [0.15, 0.2) is 24.3 Å². The van der Waals surface area contributed by atoms with Crippen LogP contribution < -0.4 is 10.6 Å². The fourth-order valence-corrected chi connectivity index (χ4v) is 1.85. The minimum absolute atomic E-state index is 0.0278. The zero-order valence-electron chi connectivity index (χ0n) is 13.3. The minimum Gasteiger partial charge on any atom is -0.324 e. The van der Waals surface area contributed by atoms with E-state index in [0.29, 0.717) is 0 Å². The number of carbonyl (C=O) groups excluding carboxylic acids is 1. The lowest BCUT2D eigenvalue weighted by Gasteiger charge is -2.23. The van der Waals surface area contributed by atoms with Crippen molar-refractivity contribution >= 4 is 11.6 Å². The highest BCUT2D eigenvalue weighted by Crippen LogP contribution is 2.14. The van der Waals surface area contributed by atoms with E-state index in [4.69, 9.17) is 0 Å². The maximum absolute atomic E-state index is 12.1. The Morgan fingerprint density at radius 1 is 1.25 bits per heavy atom. The third kappa shape index (κ3) is 4.62. The summed E-state index contributed by atoms with van der Waals surface area (Å²) in [5.74, 6) is -0.0278. The topological polar surface area (TPSA) is 44.4 Å². The molecule has 0 fully saturated rings. The molecule has 0 heterocycles. The van der Waals surface area contributed by atoms with Crippen LogP contribution in [-0.2, 0) is 11.3 Å². The molecule has 0 aliphatic heterocycles. The number of hydrogen-bond donors (Lipinski definition) is 2. The predicted molar refractivity (Wildman–Crippen MR) is 84.8 cm³/mol. The first-order valence-electron chi connectivity index (χ1n) is 7.24. The van der Waals surface area contributed by atoms with Gasteiger partial charge in [0.05, 0.1) is 5.54 Å². The van der Waals surface area contributed by atoms with E-state index in [1.165, 1.54) is 5.56 Å². The molecule has 2 N–H and O–H groups in total. The summed E-state index contributed by atoms with van der Waals surface area (Å²) in [7, 11) is 1.79. The smallest absolute Gasteiger partial charge is 0.244 e. The molecule has 1 amide bonds. The Labute approximate surface area is 122 Å². The molecule has 0 unspecified atom stereocenters. The summed E-state index contributed by atoms with van der Waals surface area (Å²) < 4.78 is 0. The van der Waals surface area contributed by atoms with Crippen molar-refractivity contribution in [2.45, 2.75) is 39.8 Å². The van der Waals surface area contributed by atoms with Crippen molar-refractivity contribution in [3.63, 3.8) is 0 Å². The highest BCUT2D eigenvalue weighted by Gasteiger charge is 2.25. The van der Waals surface area contributed by atoms with Crippen LogP contribution in [-0.4, -0.2) is 36.5 Å². The number of rotatable bonds is 7. The summed E-state index contributed by atoms with van der Waals surface area (Å²) in [6, 6.07) is 8.05. The van der Waals surface area contributed by atoms with E-state index in [9.17, 15) is 4.79 Å². The first kappa shape index (κ1) is 16.7. The second kappa shape index (κ2) is 7.41. The van der Waals surface area contributed by atoms with Crippen LogP contribution in [0.25, 0.3) is 0 Å². The fourth-order valence-electron chi connectivity index (χ4n) is 1.85. The number of hydrogen-bond acceptors (Lipinski definition) is 3. The highest BCUT2D eigenvalue weighted by atomic mass is 16.2. The van der Waals surface area contributed by atoms with E-state index in [-0.39, 0.29) is 5.91 Å². The molecule has 0 aromatic heterocycles. The lowest BCUT2D eigenvalue weighted by molar-refractivity contribution is -0.121. The second-order valence-electron chi connectivity index (χ2n) is 5.49. The summed E-state index contributed by atoms with van der Waals surface area (Å²) >= 11 is 0. The van der Waals surface area contributed by atoms with Crippen LogP contribution in [0.3, 0.4) is 0 Å². The number of likely N-dealkylation sites (N-methyl/N-ethyl adjacent to an activating group) is 1. The molecule has 20 heavy (non-hydrogen) atoms. The summed E-state index contributed by atoms with van der Waals surface area (Å²) in [6.07, 6.45) is 0. The number of carbonyl (C=O) groups is 1. The van der Waals surface area contributed by atoms with Gasteiger partial charge in [0.1, 0.15) is 0 Å². The monoisotopic (exact) mass is 277 g/mol. The number of anilines is 1. The van der Waals surface area contributed by atoms with Gasteiger partial charge in [0, 0.05) is 12.2 Å². The van der Waals surface area contributed by atoms with Gasteiger partial charge in [-0.1, -0.05) is 26.0 Å². The Balaban J connectivity index is 2.76. The number of nitrogens with one attached hydrogen (secondary N) is 2. The van der Waals surface area contributed by atoms with Gasteiger partial charge in [-0.2, -0.15) is 0 Å². The van der Waals surface area contributed by atoms with E-state index < -0.39 is 5.54 Å². The van der Waals surface area contributed by atoms with Crippen molar-refractivity contribution in [3.8, 4) is 0 Å². The Kier molecular flexibility index (Phi) is 6.17. The van der Waals surface area contributed by atoms with Crippen molar-refractivity contribution in [1.29, 1.82) is 0 Å². The van der Waals surface area contributed by atoms with Gasteiger partial charge in [-0.3, -0.25) is 9.69 Å². The molecule has 0 spiro atoms. The summed E-state index contributed by atoms with van der Waals surface area (Å²) in [5, 5.41) is 5.97. The van der Waals surface area contributed by atoms with Crippen LogP contribution in [0, 0.1) is 0 Å². The Morgan fingerprint density at radius 2 is 1.90 bits per heavy atom. The van der Waals surface area contributed by atoms with E-state index in [1.807, 2.05) is 32.0 Å². The van der Waals surface area contributed by atoms with Gasteiger partial charge in [0.25, 0.3) is 0 Å². The van der Waals surface area contributed by atoms with Gasteiger partial charge >= 0.3 is 0 Å². The Hall–Kier alpha value is -1.39. The molecule has 4 heteroatoms. The number of nitrogens with zero attached hydrogens (tertiary/aromatic N) is 1. The Bertz CT molecular complexity index is 439. The predicted octanol–water partition coefficient (Wildman–Crippen LogP) is 2.46. The van der Waals surface area contributed by atoms with Crippen molar-refractivity contribution in [3.05, 3.63) is 29.8 Å². The molecule has 0 saturated carbocycles. The lowest BCUT2D eigenvalue weighted by atomic mass is 10.0. The molecular weight excluding hydrogens is 250 g/mol.